The van der Waals surface area contributed by atoms with Gasteiger partial charge in [0.15, 0.2) is 0 Å². The Balaban J connectivity index is 1.97. The number of anilines is 1. The first-order valence-corrected chi connectivity index (χ1v) is 5.43. The number of carbonyl (C=O) groups excluding carboxylic acids is 1. The van der Waals surface area contributed by atoms with E-state index in [-0.39, 0.29) is 5.91 Å². The number of nitrogen functional groups attached to an aromatic ring is 1. The van der Waals surface area contributed by atoms with E-state index in [0.29, 0.717) is 17.9 Å². The molecule has 1 amide bonds. The van der Waals surface area contributed by atoms with Crippen molar-refractivity contribution < 1.29 is 4.79 Å². The van der Waals surface area contributed by atoms with Crippen LogP contribution >= 0.6 is 0 Å². The summed E-state index contributed by atoms with van der Waals surface area (Å²) in [5.41, 5.74) is 8.84. The van der Waals surface area contributed by atoms with Crippen LogP contribution in [-0.4, -0.2) is 10.9 Å². The molecule has 88 valence electrons. The normalized spacial score (nSPS) is 10.2. The molecule has 0 bridgehead atoms. The number of nitrogens with two attached hydrogens (primary N) is 1. The third kappa shape index (κ3) is 2.87. The van der Waals surface area contributed by atoms with Gasteiger partial charge in [-0.25, -0.2) is 0 Å². The second-order valence-electron chi connectivity index (χ2n) is 4.02. The van der Waals surface area contributed by atoms with Gasteiger partial charge in [0.2, 0.25) is 0 Å². The second-order valence-corrected chi connectivity index (χ2v) is 4.02. The standard InChI is InChI=1S/C13H15N3O/c1-9-3-2-4-10(5-9)7-16-13(17)12-6-11(14)8-15-12/h2-6,8,15H,7,14H2,1H3,(H,16,17). The largest absolute Gasteiger partial charge is 0.397 e. The minimum Gasteiger partial charge on any atom is -0.397 e. The molecule has 4 heteroatoms. The van der Waals surface area contributed by atoms with Crippen LogP contribution in [0.4, 0.5) is 5.69 Å². The number of benzene rings is 1. The molecule has 1 aromatic carbocycles. The van der Waals surface area contributed by atoms with Gasteiger partial charge in [0.25, 0.3) is 5.91 Å². The van der Waals surface area contributed by atoms with Crippen molar-refractivity contribution in [1.29, 1.82) is 0 Å². The zero-order valence-corrected chi connectivity index (χ0v) is 9.66. The van der Waals surface area contributed by atoms with Gasteiger partial charge in [-0.1, -0.05) is 29.8 Å². The van der Waals surface area contributed by atoms with E-state index in [2.05, 4.69) is 10.3 Å². The number of carbonyl (C=O) groups is 1. The van der Waals surface area contributed by atoms with E-state index in [1.807, 2.05) is 31.2 Å². The zero-order chi connectivity index (χ0) is 12.3. The van der Waals surface area contributed by atoms with Crippen molar-refractivity contribution in [2.75, 3.05) is 5.73 Å². The highest BCUT2D eigenvalue weighted by molar-refractivity contribution is 5.93. The van der Waals surface area contributed by atoms with E-state index in [9.17, 15) is 4.79 Å². The van der Waals surface area contributed by atoms with Crippen LogP contribution in [0.1, 0.15) is 21.6 Å². The number of amides is 1. The fourth-order valence-electron chi connectivity index (χ4n) is 1.64. The number of nitrogens with one attached hydrogen (secondary N) is 2. The SMILES string of the molecule is Cc1cccc(CNC(=O)c2cc(N)c[nH]2)c1. The molecule has 2 rings (SSSR count). The second kappa shape index (κ2) is 4.74. The van der Waals surface area contributed by atoms with Gasteiger partial charge < -0.3 is 16.0 Å². The van der Waals surface area contributed by atoms with Gasteiger partial charge in [0, 0.05) is 18.4 Å². The van der Waals surface area contributed by atoms with Crippen molar-refractivity contribution in [2.45, 2.75) is 13.5 Å². The lowest BCUT2D eigenvalue weighted by atomic mass is 10.1. The van der Waals surface area contributed by atoms with E-state index in [1.54, 1.807) is 12.3 Å². The van der Waals surface area contributed by atoms with Crippen LogP contribution in [0.25, 0.3) is 0 Å². The first-order valence-electron chi connectivity index (χ1n) is 5.43. The van der Waals surface area contributed by atoms with Gasteiger partial charge in [-0.15, -0.1) is 0 Å². The molecule has 0 atom stereocenters. The molecule has 4 nitrogen and oxygen atoms in total. The minimum atomic E-state index is -0.150. The van der Waals surface area contributed by atoms with E-state index >= 15 is 0 Å². The third-order valence-corrected chi connectivity index (χ3v) is 2.49. The Morgan fingerprint density at radius 1 is 1.41 bits per heavy atom. The average molecular weight is 229 g/mol. The quantitative estimate of drug-likeness (QED) is 0.751. The molecular formula is C13H15N3O. The molecule has 0 radical (unpaired) electrons. The van der Waals surface area contributed by atoms with Crippen molar-refractivity contribution in [2.24, 2.45) is 0 Å². The Hall–Kier alpha value is -2.23. The van der Waals surface area contributed by atoms with Gasteiger partial charge >= 0.3 is 0 Å². The Morgan fingerprint density at radius 2 is 2.24 bits per heavy atom. The van der Waals surface area contributed by atoms with Crippen LogP contribution in [-0.2, 0) is 6.54 Å². The summed E-state index contributed by atoms with van der Waals surface area (Å²) in [6, 6.07) is 9.64. The molecule has 0 fully saturated rings. The molecule has 4 N–H and O–H groups in total. The van der Waals surface area contributed by atoms with Crippen LogP contribution in [0.3, 0.4) is 0 Å². The highest BCUT2D eigenvalue weighted by atomic mass is 16.1. The fraction of sp³-hybridized carbons (Fsp3) is 0.154. The number of rotatable bonds is 3. The minimum absolute atomic E-state index is 0.150. The van der Waals surface area contributed by atoms with Crippen LogP contribution in [0.5, 0.6) is 0 Å². The fourth-order valence-corrected chi connectivity index (χ4v) is 1.64. The lowest BCUT2D eigenvalue weighted by molar-refractivity contribution is 0.0946. The molecule has 0 aliphatic heterocycles. The molecule has 0 unspecified atom stereocenters. The molecular weight excluding hydrogens is 214 g/mol. The summed E-state index contributed by atoms with van der Waals surface area (Å²) in [5.74, 6) is -0.150. The van der Waals surface area contributed by atoms with E-state index in [0.717, 1.165) is 5.56 Å². The van der Waals surface area contributed by atoms with Crippen molar-refractivity contribution in [3.05, 3.63) is 53.3 Å². The average Bonchev–Trinajstić information content (AvgIpc) is 2.73. The topological polar surface area (TPSA) is 70.9 Å². The first-order chi connectivity index (χ1) is 8.15. The van der Waals surface area contributed by atoms with Crippen molar-refractivity contribution in [3.63, 3.8) is 0 Å². The summed E-state index contributed by atoms with van der Waals surface area (Å²) in [6.07, 6.45) is 1.60. The maximum absolute atomic E-state index is 11.7. The summed E-state index contributed by atoms with van der Waals surface area (Å²) in [7, 11) is 0. The van der Waals surface area contributed by atoms with Crippen molar-refractivity contribution in [1.82, 2.24) is 10.3 Å². The van der Waals surface area contributed by atoms with Crippen LogP contribution in [0.15, 0.2) is 36.5 Å². The summed E-state index contributed by atoms with van der Waals surface area (Å²) >= 11 is 0. The number of hydrogen-bond donors (Lipinski definition) is 3. The van der Waals surface area contributed by atoms with Crippen LogP contribution in [0.2, 0.25) is 0 Å². The predicted octanol–water partition coefficient (Wildman–Crippen LogP) is 1.84. The van der Waals surface area contributed by atoms with Crippen molar-refractivity contribution >= 4 is 11.6 Å². The van der Waals surface area contributed by atoms with Crippen LogP contribution in [0, 0.1) is 6.92 Å². The van der Waals surface area contributed by atoms with E-state index < -0.39 is 0 Å². The lowest BCUT2D eigenvalue weighted by Crippen LogP contribution is -2.23. The molecule has 0 aliphatic carbocycles. The summed E-state index contributed by atoms with van der Waals surface area (Å²) in [6.45, 7) is 2.54. The number of aromatic nitrogens is 1. The lowest BCUT2D eigenvalue weighted by Gasteiger charge is -2.04. The molecule has 1 heterocycles. The molecule has 0 saturated heterocycles. The number of H-pyrrole nitrogens is 1. The van der Waals surface area contributed by atoms with E-state index in [4.69, 9.17) is 5.73 Å². The molecule has 2 aromatic rings. The number of aromatic amines is 1. The highest BCUT2D eigenvalue weighted by Gasteiger charge is 2.06. The summed E-state index contributed by atoms with van der Waals surface area (Å²) in [5, 5.41) is 2.83. The first kappa shape index (κ1) is 11.3. The van der Waals surface area contributed by atoms with Gasteiger partial charge in [-0.3, -0.25) is 4.79 Å². The van der Waals surface area contributed by atoms with Gasteiger partial charge in [0.1, 0.15) is 5.69 Å². The van der Waals surface area contributed by atoms with Crippen LogP contribution < -0.4 is 11.1 Å². The molecule has 0 aliphatic rings. The maximum Gasteiger partial charge on any atom is 0.268 e. The number of aryl methyl sites for hydroxylation is 1. The van der Waals surface area contributed by atoms with Crippen molar-refractivity contribution in [3.8, 4) is 0 Å². The third-order valence-electron chi connectivity index (χ3n) is 2.49. The Kier molecular flexibility index (Phi) is 3.14. The highest BCUT2D eigenvalue weighted by Crippen LogP contribution is 2.06. The predicted molar refractivity (Wildman–Crippen MR) is 67.6 cm³/mol. The molecule has 0 spiro atoms. The van der Waals surface area contributed by atoms with E-state index in [1.165, 1.54) is 5.56 Å². The summed E-state index contributed by atoms with van der Waals surface area (Å²) < 4.78 is 0. The summed E-state index contributed by atoms with van der Waals surface area (Å²) in [4.78, 5) is 14.5. The van der Waals surface area contributed by atoms with Gasteiger partial charge in [-0.2, -0.15) is 0 Å². The maximum atomic E-state index is 11.7. The molecule has 1 aromatic heterocycles. The van der Waals surface area contributed by atoms with Gasteiger partial charge in [-0.05, 0) is 18.6 Å². The molecule has 17 heavy (non-hydrogen) atoms. The number of hydrogen-bond acceptors (Lipinski definition) is 2. The zero-order valence-electron chi connectivity index (χ0n) is 9.66. The smallest absolute Gasteiger partial charge is 0.268 e. The Bertz CT molecular complexity index is 531. The Labute approximate surface area is 99.8 Å². The Morgan fingerprint density at radius 3 is 2.88 bits per heavy atom. The van der Waals surface area contributed by atoms with Gasteiger partial charge in [0.05, 0.1) is 0 Å². The molecule has 0 saturated carbocycles. The monoisotopic (exact) mass is 229 g/mol.